The minimum absolute atomic E-state index is 0.116. The quantitative estimate of drug-likeness (QED) is 0.567. The molecule has 2 aliphatic heterocycles. The first-order valence-electron chi connectivity index (χ1n) is 10.2. The third-order valence-electron chi connectivity index (χ3n) is 5.99. The van der Waals surface area contributed by atoms with Crippen molar-refractivity contribution in [2.45, 2.75) is 37.3 Å². The summed E-state index contributed by atoms with van der Waals surface area (Å²) >= 11 is 0. The number of amides is 2. The molecule has 2 aliphatic rings. The van der Waals surface area contributed by atoms with Crippen molar-refractivity contribution in [3.05, 3.63) is 35.5 Å². The van der Waals surface area contributed by atoms with Gasteiger partial charge in [-0.2, -0.15) is 10.6 Å². The van der Waals surface area contributed by atoms with Crippen molar-refractivity contribution in [2.24, 2.45) is 0 Å². The van der Waals surface area contributed by atoms with E-state index in [2.05, 4.69) is 22.5 Å². The highest BCUT2D eigenvalue weighted by molar-refractivity contribution is 8.24. The van der Waals surface area contributed by atoms with Gasteiger partial charge in [0.2, 0.25) is 0 Å². The maximum atomic E-state index is 11.5. The third-order valence-corrected chi connectivity index (χ3v) is 8.51. The van der Waals surface area contributed by atoms with Gasteiger partial charge in [-0.05, 0) is 45.0 Å². The number of hydrogen-bond donors (Lipinski definition) is 4. The molecular weight excluding hydrogens is 418 g/mol. The van der Waals surface area contributed by atoms with Gasteiger partial charge in [0.1, 0.15) is 5.82 Å². The summed E-state index contributed by atoms with van der Waals surface area (Å²) in [5, 5.41) is 5.25. The van der Waals surface area contributed by atoms with E-state index in [1.165, 1.54) is 0 Å². The van der Waals surface area contributed by atoms with Gasteiger partial charge in [0, 0.05) is 30.4 Å². The Bertz CT molecular complexity index is 996. The Morgan fingerprint density at radius 1 is 1.26 bits per heavy atom. The second kappa shape index (κ2) is 7.94. The number of nitrogens with one attached hydrogen (secondary N) is 2. The number of urea groups is 1. The van der Waals surface area contributed by atoms with Crippen LogP contribution in [0, 0.1) is 0 Å². The van der Waals surface area contributed by atoms with Gasteiger partial charge < -0.3 is 20.3 Å². The summed E-state index contributed by atoms with van der Waals surface area (Å²) in [6.45, 7) is 7.59. The standard InChI is InChI=1S/C21H29N5O4S/c1-13-11-30-10-9-26(13)19-16-12-31(28,29)21(2,3)17(16)24-18(25-19)14-5-7-15(8-6-14)23-20(27)22-4/h5-8,13,28-29H,9-12H2,1-4H3,(H2,22,23,27). The van der Waals surface area contributed by atoms with Crippen molar-refractivity contribution in [2.75, 3.05) is 37.0 Å². The predicted octanol–water partition coefficient (Wildman–Crippen LogP) is 3.62. The highest BCUT2D eigenvalue weighted by Gasteiger charge is 2.48. The molecule has 168 valence electrons. The Labute approximate surface area is 183 Å². The number of hydrogen-bond acceptors (Lipinski definition) is 7. The summed E-state index contributed by atoms with van der Waals surface area (Å²) in [5.74, 6) is 1.42. The van der Waals surface area contributed by atoms with Crippen molar-refractivity contribution < 1.29 is 18.6 Å². The number of rotatable bonds is 3. The highest BCUT2D eigenvalue weighted by Crippen LogP contribution is 2.66. The molecule has 4 rings (SSSR count). The molecule has 0 saturated carbocycles. The van der Waals surface area contributed by atoms with Gasteiger partial charge in [-0.1, -0.05) is 0 Å². The molecule has 10 heteroatoms. The van der Waals surface area contributed by atoms with Crippen LogP contribution in [0.15, 0.2) is 24.3 Å². The zero-order valence-corrected chi connectivity index (χ0v) is 19.0. The Balaban J connectivity index is 1.80. The molecule has 31 heavy (non-hydrogen) atoms. The highest BCUT2D eigenvalue weighted by atomic mass is 32.3. The Morgan fingerprint density at radius 2 is 1.97 bits per heavy atom. The van der Waals surface area contributed by atoms with Crippen LogP contribution in [0.1, 0.15) is 32.0 Å². The number of carbonyl (C=O) groups excluding carboxylic acids is 1. The molecule has 9 nitrogen and oxygen atoms in total. The zero-order chi connectivity index (χ0) is 22.4. The van der Waals surface area contributed by atoms with Crippen LogP contribution in [0.4, 0.5) is 16.3 Å². The van der Waals surface area contributed by atoms with E-state index in [0.717, 1.165) is 16.9 Å². The molecule has 1 saturated heterocycles. The lowest BCUT2D eigenvalue weighted by molar-refractivity contribution is 0.0984. The predicted molar refractivity (Wildman–Crippen MR) is 123 cm³/mol. The number of benzene rings is 1. The van der Waals surface area contributed by atoms with Gasteiger partial charge in [0.05, 0.1) is 35.4 Å². The summed E-state index contributed by atoms with van der Waals surface area (Å²) in [4.78, 5) is 23.4. The number of ether oxygens (including phenoxy) is 1. The molecule has 0 spiro atoms. The maximum absolute atomic E-state index is 11.5. The smallest absolute Gasteiger partial charge is 0.318 e. The number of morpholine rings is 1. The Morgan fingerprint density at radius 3 is 2.61 bits per heavy atom. The van der Waals surface area contributed by atoms with Crippen LogP contribution in [-0.2, 0) is 15.2 Å². The average Bonchev–Trinajstić information content (AvgIpc) is 2.92. The lowest BCUT2D eigenvalue weighted by Crippen LogP contribution is -2.44. The molecule has 4 N–H and O–H groups in total. The number of nitrogens with zero attached hydrogens (tertiary/aromatic N) is 3. The molecule has 1 aromatic heterocycles. The van der Waals surface area contributed by atoms with E-state index in [9.17, 15) is 13.9 Å². The maximum Gasteiger partial charge on any atom is 0.318 e. The molecule has 2 amide bonds. The van der Waals surface area contributed by atoms with Crippen molar-refractivity contribution >= 4 is 28.1 Å². The van der Waals surface area contributed by atoms with Crippen molar-refractivity contribution in [3.8, 4) is 11.4 Å². The number of fused-ring (bicyclic) bond motifs is 1. The molecule has 1 fully saturated rings. The number of aromatic nitrogens is 2. The Kier molecular flexibility index (Phi) is 5.59. The van der Waals surface area contributed by atoms with Gasteiger partial charge in [0.25, 0.3) is 0 Å². The van der Waals surface area contributed by atoms with Crippen LogP contribution in [0.25, 0.3) is 11.4 Å². The van der Waals surface area contributed by atoms with Gasteiger partial charge >= 0.3 is 6.03 Å². The van der Waals surface area contributed by atoms with Crippen molar-refractivity contribution in [1.29, 1.82) is 0 Å². The molecule has 0 radical (unpaired) electrons. The SMILES string of the molecule is CNC(=O)Nc1ccc(-c2nc(N3CCOCC3C)c3c(n2)C(C)(C)S(O)(O)C3)cc1. The lowest BCUT2D eigenvalue weighted by Gasteiger charge is -2.40. The van der Waals surface area contributed by atoms with Crippen LogP contribution in [0.5, 0.6) is 0 Å². The third kappa shape index (κ3) is 3.84. The number of anilines is 2. The fourth-order valence-corrected chi connectivity index (χ4v) is 5.45. The van der Waals surface area contributed by atoms with E-state index in [1.807, 2.05) is 26.0 Å². The van der Waals surface area contributed by atoms with Crippen LogP contribution in [0.3, 0.4) is 0 Å². The van der Waals surface area contributed by atoms with Crippen molar-refractivity contribution in [3.63, 3.8) is 0 Å². The fourth-order valence-electron chi connectivity index (χ4n) is 3.94. The molecule has 0 aliphatic carbocycles. The van der Waals surface area contributed by atoms with Crippen LogP contribution < -0.4 is 15.5 Å². The summed E-state index contributed by atoms with van der Waals surface area (Å²) in [5.41, 5.74) is 2.92. The Hall–Kier alpha value is -2.40. The topological polar surface area (TPSA) is 120 Å². The van der Waals surface area contributed by atoms with Gasteiger partial charge in [-0.3, -0.25) is 9.11 Å². The van der Waals surface area contributed by atoms with E-state index in [-0.39, 0.29) is 17.8 Å². The monoisotopic (exact) mass is 447 g/mol. The molecule has 3 heterocycles. The molecule has 0 bridgehead atoms. The fraction of sp³-hybridized carbons (Fsp3) is 0.476. The average molecular weight is 448 g/mol. The number of carbonyl (C=O) groups is 1. The van der Waals surface area contributed by atoms with Crippen molar-refractivity contribution in [1.82, 2.24) is 15.3 Å². The molecule has 2 aromatic rings. The minimum atomic E-state index is -2.90. The summed E-state index contributed by atoms with van der Waals surface area (Å²) in [6, 6.07) is 7.09. The van der Waals surface area contributed by atoms with Gasteiger partial charge in [-0.25, -0.2) is 14.8 Å². The normalized spacial score (nSPS) is 22.5. The first-order valence-corrected chi connectivity index (χ1v) is 12.0. The van der Waals surface area contributed by atoms with Crippen LogP contribution in [-0.4, -0.2) is 58.0 Å². The minimum Gasteiger partial charge on any atom is -0.377 e. The van der Waals surface area contributed by atoms with Crippen LogP contribution >= 0.6 is 10.6 Å². The summed E-state index contributed by atoms with van der Waals surface area (Å²) in [7, 11) is -1.34. The first-order chi connectivity index (χ1) is 14.6. The molecular formula is C21H29N5O4S. The van der Waals surface area contributed by atoms with E-state index in [0.29, 0.717) is 37.0 Å². The zero-order valence-electron chi connectivity index (χ0n) is 18.2. The molecule has 1 atom stereocenters. The van der Waals surface area contributed by atoms with E-state index in [1.54, 1.807) is 19.2 Å². The van der Waals surface area contributed by atoms with Crippen LogP contribution in [0.2, 0.25) is 0 Å². The van der Waals surface area contributed by atoms with Gasteiger partial charge in [0.15, 0.2) is 5.82 Å². The lowest BCUT2D eigenvalue weighted by atomic mass is 10.0. The molecule has 1 aromatic carbocycles. The summed E-state index contributed by atoms with van der Waals surface area (Å²) in [6.07, 6.45) is 0. The van der Waals surface area contributed by atoms with E-state index in [4.69, 9.17) is 14.7 Å². The van der Waals surface area contributed by atoms with E-state index < -0.39 is 15.3 Å². The first kappa shape index (κ1) is 21.8. The summed E-state index contributed by atoms with van der Waals surface area (Å²) < 4.78 is 26.4. The molecule has 1 unspecified atom stereocenters. The second-order valence-electron chi connectivity index (χ2n) is 8.42. The van der Waals surface area contributed by atoms with Gasteiger partial charge in [-0.15, -0.1) is 0 Å². The van der Waals surface area contributed by atoms with E-state index >= 15 is 0 Å². The largest absolute Gasteiger partial charge is 0.377 e. The second-order valence-corrected chi connectivity index (χ2v) is 11.1.